The van der Waals surface area contributed by atoms with Gasteiger partial charge in [-0.15, -0.1) is 0 Å². The maximum atomic E-state index is 12.3. The highest BCUT2D eigenvalue weighted by molar-refractivity contribution is 5.74. The summed E-state index contributed by atoms with van der Waals surface area (Å²) in [7, 11) is 0. The molecule has 3 rings (SSSR count). The molecule has 0 spiro atoms. The van der Waals surface area contributed by atoms with Crippen LogP contribution in [-0.4, -0.2) is 27.6 Å². The van der Waals surface area contributed by atoms with Gasteiger partial charge in [-0.1, -0.05) is 60.7 Å². The summed E-state index contributed by atoms with van der Waals surface area (Å²) in [5, 5.41) is 14.2. The van der Waals surface area contributed by atoms with E-state index in [1.807, 2.05) is 48.5 Å². The molecule has 1 heterocycles. The summed E-state index contributed by atoms with van der Waals surface area (Å²) in [4.78, 5) is 13.8. The van der Waals surface area contributed by atoms with Crippen LogP contribution in [0.4, 0.5) is 4.79 Å². The molecule has 25 heavy (non-hydrogen) atoms. The Morgan fingerprint density at radius 1 is 0.960 bits per heavy atom. The van der Waals surface area contributed by atoms with Crippen molar-refractivity contribution in [2.45, 2.75) is 19.0 Å². The van der Waals surface area contributed by atoms with Gasteiger partial charge in [0.1, 0.15) is 0 Å². The SMILES string of the molecule is O=C(NCCc1ccccc1)NC(Cn1nccn1)c1ccccc1. The zero-order valence-corrected chi connectivity index (χ0v) is 13.9. The first-order chi connectivity index (χ1) is 12.3. The zero-order valence-electron chi connectivity index (χ0n) is 13.9. The lowest BCUT2D eigenvalue weighted by molar-refractivity contribution is 0.234. The normalized spacial score (nSPS) is 11.7. The minimum absolute atomic E-state index is 0.197. The second-order valence-corrected chi connectivity index (χ2v) is 5.68. The largest absolute Gasteiger partial charge is 0.338 e. The van der Waals surface area contributed by atoms with E-state index < -0.39 is 0 Å². The number of nitrogens with one attached hydrogen (secondary N) is 2. The van der Waals surface area contributed by atoms with Gasteiger partial charge in [0.15, 0.2) is 0 Å². The first-order valence-corrected chi connectivity index (χ1v) is 8.28. The van der Waals surface area contributed by atoms with Crippen molar-refractivity contribution < 1.29 is 4.79 Å². The maximum Gasteiger partial charge on any atom is 0.315 e. The fourth-order valence-corrected chi connectivity index (χ4v) is 2.59. The number of aromatic nitrogens is 3. The Hall–Kier alpha value is -3.15. The van der Waals surface area contributed by atoms with Crippen LogP contribution in [0.5, 0.6) is 0 Å². The summed E-state index contributed by atoms with van der Waals surface area (Å²) in [6.07, 6.45) is 4.05. The molecule has 0 saturated carbocycles. The lowest BCUT2D eigenvalue weighted by Crippen LogP contribution is -2.40. The van der Waals surface area contributed by atoms with Crippen LogP contribution in [0.25, 0.3) is 0 Å². The van der Waals surface area contributed by atoms with Crippen molar-refractivity contribution in [3.63, 3.8) is 0 Å². The smallest absolute Gasteiger partial charge is 0.315 e. The molecule has 2 amide bonds. The fourth-order valence-electron chi connectivity index (χ4n) is 2.59. The Kier molecular flexibility index (Phi) is 5.77. The quantitative estimate of drug-likeness (QED) is 0.697. The highest BCUT2D eigenvalue weighted by atomic mass is 16.2. The number of benzene rings is 2. The summed E-state index contributed by atoms with van der Waals surface area (Å²) in [6, 6.07) is 19.5. The molecule has 1 aromatic heterocycles. The van der Waals surface area contributed by atoms with Crippen LogP contribution in [0.1, 0.15) is 17.2 Å². The molecule has 3 aromatic rings. The van der Waals surface area contributed by atoms with Gasteiger partial charge in [-0.3, -0.25) is 0 Å². The second kappa shape index (κ2) is 8.63. The lowest BCUT2D eigenvalue weighted by Gasteiger charge is -2.19. The topological polar surface area (TPSA) is 71.8 Å². The van der Waals surface area contributed by atoms with Gasteiger partial charge in [0.25, 0.3) is 0 Å². The molecule has 0 fully saturated rings. The number of hydrogen-bond donors (Lipinski definition) is 2. The summed E-state index contributed by atoms with van der Waals surface area (Å²) in [5.74, 6) is 0. The van der Waals surface area contributed by atoms with Gasteiger partial charge in [0.05, 0.1) is 25.0 Å². The van der Waals surface area contributed by atoms with E-state index in [1.54, 1.807) is 17.2 Å². The molecule has 0 aliphatic rings. The third-order valence-electron chi connectivity index (χ3n) is 3.86. The molecule has 0 saturated heterocycles. The number of carbonyl (C=O) groups excluding carboxylic acids is 1. The van der Waals surface area contributed by atoms with Crippen LogP contribution in [0.3, 0.4) is 0 Å². The molecule has 6 heteroatoms. The summed E-state index contributed by atoms with van der Waals surface area (Å²) < 4.78 is 0. The first-order valence-electron chi connectivity index (χ1n) is 8.28. The molecule has 128 valence electrons. The maximum absolute atomic E-state index is 12.3. The summed E-state index contributed by atoms with van der Waals surface area (Å²) in [5.41, 5.74) is 2.21. The number of carbonyl (C=O) groups is 1. The Morgan fingerprint density at radius 2 is 1.60 bits per heavy atom. The fraction of sp³-hybridized carbons (Fsp3) is 0.211. The van der Waals surface area contributed by atoms with Gasteiger partial charge in [-0.05, 0) is 17.5 Å². The molecule has 6 nitrogen and oxygen atoms in total. The monoisotopic (exact) mass is 335 g/mol. The van der Waals surface area contributed by atoms with E-state index in [4.69, 9.17) is 0 Å². The van der Waals surface area contributed by atoms with E-state index in [0.717, 1.165) is 12.0 Å². The van der Waals surface area contributed by atoms with E-state index in [9.17, 15) is 4.79 Å². The number of amides is 2. The Morgan fingerprint density at radius 3 is 2.28 bits per heavy atom. The average Bonchev–Trinajstić information content (AvgIpc) is 3.16. The molecule has 2 N–H and O–H groups in total. The van der Waals surface area contributed by atoms with Crippen molar-refractivity contribution in [2.75, 3.05) is 6.54 Å². The predicted octanol–water partition coefficient (Wildman–Crippen LogP) is 2.56. The summed E-state index contributed by atoms with van der Waals surface area (Å²) >= 11 is 0. The number of hydrogen-bond acceptors (Lipinski definition) is 3. The van der Waals surface area contributed by atoms with Crippen LogP contribution < -0.4 is 10.6 Å². The van der Waals surface area contributed by atoms with Gasteiger partial charge >= 0.3 is 6.03 Å². The molecular formula is C19H21N5O. The van der Waals surface area contributed by atoms with E-state index in [0.29, 0.717) is 13.1 Å². The van der Waals surface area contributed by atoms with Crippen LogP contribution >= 0.6 is 0 Å². The van der Waals surface area contributed by atoms with Crippen molar-refractivity contribution in [1.29, 1.82) is 0 Å². The van der Waals surface area contributed by atoms with Crippen LogP contribution in [0.2, 0.25) is 0 Å². The molecule has 1 atom stereocenters. The lowest BCUT2D eigenvalue weighted by atomic mass is 10.1. The first kappa shape index (κ1) is 16.7. The van der Waals surface area contributed by atoms with Crippen molar-refractivity contribution in [2.24, 2.45) is 0 Å². The van der Waals surface area contributed by atoms with Crippen LogP contribution in [-0.2, 0) is 13.0 Å². The minimum Gasteiger partial charge on any atom is -0.338 e. The molecule has 0 aliphatic carbocycles. The van der Waals surface area contributed by atoms with Crippen molar-refractivity contribution >= 4 is 6.03 Å². The van der Waals surface area contributed by atoms with Gasteiger partial charge in [-0.25, -0.2) is 4.79 Å². The van der Waals surface area contributed by atoms with Crippen LogP contribution in [0.15, 0.2) is 73.1 Å². The zero-order chi connectivity index (χ0) is 17.3. The second-order valence-electron chi connectivity index (χ2n) is 5.68. The standard InChI is InChI=1S/C19H21N5O/c25-19(20-12-11-16-7-3-1-4-8-16)23-18(15-24-21-13-14-22-24)17-9-5-2-6-10-17/h1-10,13-14,18H,11-12,15H2,(H2,20,23,25). The molecule has 0 bridgehead atoms. The molecule has 2 aromatic carbocycles. The van der Waals surface area contributed by atoms with E-state index in [2.05, 4.69) is 33.0 Å². The number of urea groups is 1. The number of rotatable bonds is 7. The molecule has 0 aliphatic heterocycles. The Balaban J connectivity index is 1.56. The summed E-state index contributed by atoms with van der Waals surface area (Å²) in [6.45, 7) is 1.06. The Labute approximate surface area is 146 Å². The average molecular weight is 335 g/mol. The van der Waals surface area contributed by atoms with Gasteiger partial charge in [0, 0.05) is 6.54 Å². The van der Waals surface area contributed by atoms with Gasteiger partial charge in [-0.2, -0.15) is 15.0 Å². The molecule has 0 radical (unpaired) electrons. The van der Waals surface area contributed by atoms with Crippen molar-refractivity contribution in [3.05, 3.63) is 84.2 Å². The van der Waals surface area contributed by atoms with Crippen molar-refractivity contribution in [1.82, 2.24) is 25.6 Å². The molecule has 1 unspecified atom stereocenters. The predicted molar refractivity (Wildman–Crippen MR) is 95.9 cm³/mol. The third-order valence-corrected chi connectivity index (χ3v) is 3.86. The van der Waals surface area contributed by atoms with Gasteiger partial charge < -0.3 is 10.6 Å². The number of nitrogens with zero attached hydrogens (tertiary/aromatic N) is 3. The van der Waals surface area contributed by atoms with E-state index in [1.165, 1.54) is 5.56 Å². The minimum atomic E-state index is -0.203. The third kappa shape index (κ3) is 5.17. The van der Waals surface area contributed by atoms with Crippen molar-refractivity contribution in [3.8, 4) is 0 Å². The van der Waals surface area contributed by atoms with E-state index in [-0.39, 0.29) is 12.1 Å². The molecular weight excluding hydrogens is 314 g/mol. The highest BCUT2D eigenvalue weighted by Gasteiger charge is 2.15. The van der Waals surface area contributed by atoms with E-state index >= 15 is 0 Å². The van der Waals surface area contributed by atoms with Gasteiger partial charge in [0.2, 0.25) is 0 Å². The Bertz CT molecular complexity index is 759. The highest BCUT2D eigenvalue weighted by Crippen LogP contribution is 2.14. The van der Waals surface area contributed by atoms with Crippen LogP contribution in [0, 0.1) is 0 Å².